The Bertz CT molecular complexity index is 1630. The van der Waals surface area contributed by atoms with Crippen LogP contribution in [-0.4, -0.2) is 69.2 Å². The molecule has 2 aliphatic heterocycles. The van der Waals surface area contributed by atoms with E-state index < -0.39 is 5.82 Å². The summed E-state index contributed by atoms with van der Waals surface area (Å²) in [4.78, 5) is 28.2. The monoisotopic (exact) mass is 547 g/mol. The number of aryl methyl sites for hydroxylation is 1. The Morgan fingerprint density at radius 3 is 2.62 bits per heavy atom. The lowest BCUT2D eigenvalue weighted by atomic mass is 9.96. The molecule has 1 amide bonds. The van der Waals surface area contributed by atoms with E-state index in [-0.39, 0.29) is 28.5 Å². The molecule has 0 spiro atoms. The molecule has 10 heteroatoms. The number of anilines is 2. The van der Waals surface area contributed by atoms with Gasteiger partial charge in [-0.15, -0.1) is 0 Å². The summed E-state index contributed by atoms with van der Waals surface area (Å²) in [6, 6.07) is 5.53. The third-order valence-electron chi connectivity index (χ3n) is 7.99. The SMILES string of the molecule is C=CC(=O)N1C[C@H](C)N(c2nc(N3CC(C)C3)nc3c(F)c(-c4c(C)ccc5cn[nH]c45)c(Cl)cc23)C[C@H]1C. The van der Waals surface area contributed by atoms with Crippen LogP contribution in [0.4, 0.5) is 16.2 Å². The Balaban J connectivity index is 1.56. The van der Waals surface area contributed by atoms with Crippen LogP contribution in [-0.2, 0) is 4.79 Å². The van der Waals surface area contributed by atoms with Crippen molar-refractivity contribution in [1.29, 1.82) is 0 Å². The number of hydrogen-bond acceptors (Lipinski definition) is 6. The molecule has 0 bridgehead atoms. The van der Waals surface area contributed by atoms with Crippen molar-refractivity contribution in [2.75, 3.05) is 36.0 Å². The second-order valence-corrected chi connectivity index (χ2v) is 11.3. The number of fused-ring (bicyclic) bond motifs is 2. The normalized spacial score (nSPS) is 20.1. The van der Waals surface area contributed by atoms with Gasteiger partial charge in [-0.2, -0.15) is 10.1 Å². The minimum Gasteiger partial charge on any atom is -0.349 e. The summed E-state index contributed by atoms with van der Waals surface area (Å²) < 4.78 is 16.7. The van der Waals surface area contributed by atoms with Crippen molar-refractivity contribution in [2.24, 2.45) is 5.92 Å². The van der Waals surface area contributed by atoms with Crippen LogP contribution in [0.1, 0.15) is 26.3 Å². The standard InChI is InChI=1S/C29H31ClFN7O/c1-6-22(39)37-13-18(5)38(14-17(37)4)28-20-9-21(30)24(23-16(3)7-8-19-10-32-35-26(19)23)25(31)27(20)33-29(34-28)36-11-15(2)12-36/h6-10,15,17-18H,1,11-14H2,2-5H3,(H,32,35)/t17-,18+/m1/s1. The van der Waals surface area contributed by atoms with Crippen LogP contribution in [0.15, 0.2) is 37.1 Å². The smallest absolute Gasteiger partial charge is 0.246 e. The Labute approximate surface area is 231 Å². The molecule has 39 heavy (non-hydrogen) atoms. The summed E-state index contributed by atoms with van der Waals surface area (Å²) in [6.07, 6.45) is 3.06. The number of H-pyrrole nitrogens is 1. The Morgan fingerprint density at radius 2 is 1.90 bits per heavy atom. The van der Waals surface area contributed by atoms with Crippen LogP contribution >= 0.6 is 11.6 Å². The fourth-order valence-electron chi connectivity index (χ4n) is 5.91. The van der Waals surface area contributed by atoms with Crippen molar-refractivity contribution in [3.8, 4) is 11.1 Å². The maximum atomic E-state index is 16.7. The average molecular weight is 548 g/mol. The minimum atomic E-state index is -0.484. The van der Waals surface area contributed by atoms with Gasteiger partial charge in [-0.1, -0.05) is 37.2 Å². The first-order chi connectivity index (χ1) is 18.7. The van der Waals surface area contributed by atoms with Gasteiger partial charge in [-0.25, -0.2) is 9.37 Å². The molecule has 2 aliphatic rings. The van der Waals surface area contributed by atoms with Crippen LogP contribution < -0.4 is 9.80 Å². The zero-order chi connectivity index (χ0) is 27.6. The van der Waals surface area contributed by atoms with E-state index >= 15 is 4.39 Å². The highest BCUT2D eigenvalue weighted by molar-refractivity contribution is 6.35. The molecule has 0 unspecified atom stereocenters. The first kappa shape index (κ1) is 25.6. The summed E-state index contributed by atoms with van der Waals surface area (Å²) in [5.41, 5.74) is 2.81. The topological polar surface area (TPSA) is 81.2 Å². The van der Waals surface area contributed by atoms with Crippen LogP contribution in [0.5, 0.6) is 0 Å². The predicted molar refractivity (Wildman–Crippen MR) is 154 cm³/mol. The molecule has 4 aromatic rings. The van der Waals surface area contributed by atoms with E-state index in [1.165, 1.54) is 6.08 Å². The van der Waals surface area contributed by atoms with Gasteiger partial charge in [-0.3, -0.25) is 9.89 Å². The Kier molecular flexibility index (Phi) is 6.21. The van der Waals surface area contributed by atoms with Gasteiger partial charge in [0.1, 0.15) is 11.3 Å². The number of carbonyl (C=O) groups is 1. The highest BCUT2D eigenvalue weighted by Gasteiger charge is 2.35. The summed E-state index contributed by atoms with van der Waals surface area (Å²) in [7, 11) is 0. The predicted octanol–water partition coefficient (Wildman–Crippen LogP) is 5.34. The van der Waals surface area contributed by atoms with E-state index in [0.29, 0.717) is 47.3 Å². The minimum absolute atomic E-state index is 0.0612. The van der Waals surface area contributed by atoms with Gasteiger partial charge in [0.15, 0.2) is 5.82 Å². The summed E-state index contributed by atoms with van der Waals surface area (Å²) >= 11 is 6.88. The number of nitrogens with one attached hydrogen (secondary N) is 1. The van der Waals surface area contributed by atoms with Crippen LogP contribution in [0.3, 0.4) is 0 Å². The molecule has 8 nitrogen and oxygen atoms in total. The van der Waals surface area contributed by atoms with Crippen molar-refractivity contribution in [3.63, 3.8) is 0 Å². The number of aromatic amines is 1. The van der Waals surface area contributed by atoms with Crippen molar-refractivity contribution in [2.45, 2.75) is 39.8 Å². The lowest BCUT2D eigenvalue weighted by Gasteiger charge is -2.45. The molecule has 2 saturated heterocycles. The van der Waals surface area contributed by atoms with Crippen LogP contribution in [0.2, 0.25) is 5.02 Å². The zero-order valence-corrected chi connectivity index (χ0v) is 23.3. The largest absolute Gasteiger partial charge is 0.349 e. The number of benzene rings is 2. The molecule has 202 valence electrons. The molecule has 2 aromatic heterocycles. The van der Waals surface area contributed by atoms with E-state index in [0.717, 1.165) is 29.6 Å². The van der Waals surface area contributed by atoms with Gasteiger partial charge in [-0.05, 0) is 44.4 Å². The van der Waals surface area contributed by atoms with Gasteiger partial charge in [0.2, 0.25) is 11.9 Å². The number of rotatable bonds is 4. The first-order valence-corrected chi connectivity index (χ1v) is 13.6. The second kappa shape index (κ2) is 9.48. The van der Waals surface area contributed by atoms with Crippen LogP contribution in [0, 0.1) is 18.7 Å². The molecule has 2 fully saturated rings. The molecule has 0 aliphatic carbocycles. The van der Waals surface area contributed by atoms with E-state index in [4.69, 9.17) is 21.6 Å². The molecule has 2 atom stereocenters. The molecule has 0 saturated carbocycles. The first-order valence-electron chi connectivity index (χ1n) is 13.2. The van der Waals surface area contributed by atoms with E-state index in [1.807, 2.05) is 37.8 Å². The number of amides is 1. The number of aromatic nitrogens is 4. The van der Waals surface area contributed by atoms with Crippen molar-refractivity contribution in [3.05, 3.63) is 53.5 Å². The fourth-order valence-corrected chi connectivity index (χ4v) is 6.19. The van der Waals surface area contributed by atoms with Gasteiger partial charge < -0.3 is 14.7 Å². The Hall–Kier alpha value is -3.72. The maximum Gasteiger partial charge on any atom is 0.246 e. The zero-order valence-electron chi connectivity index (χ0n) is 22.5. The number of halogens is 2. The highest BCUT2D eigenvalue weighted by atomic mass is 35.5. The van der Waals surface area contributed by atoms with Gasteiger partial charge >= 0.3 is 0 Å². The van der Waals surface area contributed by atoms with Crippen molar-refractivity contribution in [1.82, 2.24) is 25.1 Å². The average Bonchev–Trinajstić information content (AvgIpc) is 3.37. The van der Waals surface area contributed by atoms with Gasteiger partial charge in [0, 0.05) is 60.2 Å². The number of carbonyl (C=O) groups excluding carboxylic acids is 1. The maximum absolute atomic E-state index is 16.7. The third-order valence-corrected chi connectivity index (χ3v) is 8.29. The lowest BCUT2D eigenvalue weighted by molar-refractivity contribution is -0.128. The van der Waals surface area contributed by atoms with Crippen molar-refractivity contribution < 1.29 is 9.18 Å². The van der Waals surface area contributed by atoms with E-state index in [1.54, 1.807) is 12.3 Å². The van der Waals surface area contributed by atoms with Crippen molar-refractivity contribution >= 4 is 51.1 Å². The fraction of sp³-hybridized carbons (Fsp3) is 0.379. The molecule has 4 heterocycles. The number of nitrogens with zero attached hydrogens (tertiary/aromatic N) is 6. The summed E-state index contributed by atoms with van der Waals surface area (Å²) in [6.45, 7) is 14.5. The van der Waals surface area contributed by atoms with Gasteiger partial charge in [0.05, 0.1) is 16.7 Å². The molecule has 6 rings (SSSR count). The van der Waals surface area contributed by atoms with E-state index in [2.05, 4.69) is 33.5 Å². The van der Waals surface area contributed by atoms with Crippen LogP contribution in [0.25, 0.3) is 32.9 Å². The number of piperazine rings is 1. The second-order valence-electron chi connectivity index (χ2n) is 10.9. The molecular weight excluding hydrogens is 517 g/mol. The molecular formula is C29H31ClFN7O. The van der Waals surface area contributed by atoms with E-state index in [9.17, 15) is 4.79 Å². The third kappa shape index (κ3) is 4.11. The number of hydrogen-bond donors (Lipinski definition) is 1. The summed E-state index contributed by atoms with van der Waals surface area (Å²) in [5.74, 6) is 1.07. The molecule has 2 aromatic carbocycles. The molecule has 1 N–H and O–H groups in total. The lowest BCUT2D eigenvalue weighted by Crippen LogP contribution is -2.58. The Morgan fingerprint density at radius 1 is 1.13 bits per heavy atom. The molecule has 0 radical (unpaired) electrons. The summed E-state index contributed by atoms with van der Waals surface area (Å²) in [5, 5.41) is 8.88. The highest BCUT2D eigenvalue weighted by Crippen LogP contribution is 2.43. The van der Waals surface area contributed by atoms with Gasteiger partial charge in [0.25, 0.3) is 0 Å². The quantitative estimate of drug-likeness (QED) is 0.347.